The zero-order valence-corrected chi connectivity index (χ0v) is 28.2. The Bertz CT molecular complexity index is 1760. The molecule has 1 aliphatic rings. The first kappa shape index (κ1) is 34.0. The van der Waals surface area contributed by atoms with Crippen molar-refractivity contribution in [2.24, 2.45) is 5.92 Å². The van der Waals surface area contributed by atoms with Crippen LogP contribution in [-0.4, -0.2) is 73.3 Å². The first-order valence-corrected chi connectivity index (χ1v) is 17.1. The Kier molecular flexibility index (Phi) is 10.5. The summed E-state index contributed by atoms with van der Waals surface area (Å²) in [5.41, 5.74) is 2.18. The fourth-order valence-corrected chi connectivity index (χ4v) is 7.13. The van der Waals surface area contributed by atoms with Crippen LogP contribution in [0, 0.1) is 19.8 Å². The summed E-state index contributed by atoms with van der Waals surface area (Å²) in [6.45, 7) is 8.37. The Balaban J connectivity index is 1.35. The van der Waals surface area contributed by atoms with Crippen LogP contribution in [0.2, 0.25) is 0 Å². The Morgan fingerprint density at radius 2 is 1.79 bits per heavy atom. The summed E-state index contributed by atoms with van der Waals surface area (Å²) >= 11 is 0. The molecule has 4 aromatic rings. The van der Waals surface area contributed by atoms with Crippen LogP contribution >= 0.6 is 0 Å². The van der Waals surface area contributed by atoms with Crippen molar-refractivity contribution in [2.75, 3.05) is 31.5 Å². The van der Waals surface area contributed by atoms with Gasteiger partial charge in [-0.2, -0.15) is 0 Å². The Morgan fingerprint density at radius 1 is 1.09 bits per heavy atom. The van der Waals surface area contributed by atoms with Crippen LogP contribution in [0.15, 0.2) is 82.2 Å². The molecule has 0 unspecified atom stereocenters. The number of anilines is 1. The highest BCUT2D eigenvalue weighted by Crippen LogP contribution is 2.31. The number of hydrogen-bond acceptors (Lipinski definition) is 9. The van der Waals surface area contributed by atoms with E-state index < -0.39 is 16.1 Å². The Labute approximate surface area is 276 Å². The number of fused-ring (bicyclic) bond motifs is 1. The molecule has 0 bridgehead atoms. The highest BCUT2D eigenvalue weighted by atomic mass is 32.2. The first-order chi connectivity index (χ1) is 22.4. The van der Waals surface area contributed by atoms with Gasteiger partial charge in [0.2, 0.25) is 5.91 Å². The number of para-hydroxylation sites is 1. The lowest BCUT2D eigenvalue weighted by Crippen LogP contribution is -2.47. The number of aromatic nitrogens is 1. The number of benzene rings is 3. The van der Waals surface area contributed by atoms with E-state index in [4.69, 9.17) is 14.0 Å². The average Bonchev–Trinajstić information content (AvgIpc) is 3.40. The van der Waals surface area contributed by atoms with E-state index in [2.05, 4.69) is 14.8 Å². The molecule has 3 atom stereocenters. The molecule has 47 heavy (non-hydrogen) atoms. The van der Waals surface area contributed by atoms with Crippen molar-refractivity contribution in [3.05, 3.63) is 95.4 Å². The maximum atomic E-state index is 13.6. The number of sulfonamides is 1. The molecule has 1 aromatic heterocycles. The van der Waals surface area contributed by atoms with Crippen LogP contribution < -0.4 is 14.2 Å². The van der Waals surface area contributed by atoms with E-state index >= 15 is 0 Å². The van der Waals surface area contributed by atoms with Crippen molar-refractivity contribution < 1.29 is 32.3 Å². The highest BCUT2D eigenvalue weighted by Gasteiger charge is 2.32. The van der Waals surface area contributed by atoms with E-state index in [1.54, 1.807) is 30.0 Å². The number of nitrogens with zero attached hydrogens (tertiary/aromatic N) is 3. The third kappa shape index (κ3) is 8.31. The fourth-order valence-electron chi connectivity index (χ4n) is 5.75. The van der Waals surface area contributed by atoms with Crippen LogP contribution in [0.3, 0.4) is 0 Å². The molecule has 0 spiro atoms. The molecule has 2 N–H and O–H groups in total. The van der Waals surface area contributed by atoms with Crippen molar-refractivity contribution in [1.82, 2.24) is 15.0 Å². The maximum Gasteiger partial charge on any atom is 0.267 e. The van der Waals surface area contributed by atoms with Gasteiger partial charge in [0.05, 0.1) is 19.1 Å². The van der Waals surface area contributed by atoms with Gasteiger partial charge in [0.25, 0.3) is 10.0 Å². The van der Waals surface area contributed by atoms with Gasteiger partial charge in [-0.1, -0.05) is 42.4 Å². The average molecular weight is 663 g/mol. The first-order valence-electron chi connectivity index (χ1n) is 15.6. The summed E-state index contributed by atoms with van der Waals surface area (Å²) < 4.78 is 46.6. The molecule has 0 radical (unpaired) electrons. The topological polar surface area (TPSA) is 134 Å². The van der Waals surface area contributed by atoms with Gasteiger partial charge in [0.15, 0.2) is 10.7 Å². The molecule has 2 heterocycles. The molecule has 12 heteroatoms. The molecular weight excluding hydrogens is 620 g/mol. The van der Waals surface area contributed by atoms with Crippen molar-refractivity contribution >= 4 is 21.6 Å². The number of aliphatic hydroxyl groups excluding tert-OH is 1. The molecule has 5 rings (SSSR count). The third-order valence-electron chi connectivity index (χ3n) is 8.25. The summed E-state index contributed by atoms with van der Waals surface area (Å²) in [6.07, 6.45) is -0.337. The zero-order valence-electron chi connectivity index (χ0n) is 27.3. The number of carbonyl (C=O) groups is 1. The minimum atomic E-state index is -4.00. The second kappa shape index (κ2) is 14.6. The molecule has 0 aliphatic carbocycles. The van der Waals surface area contributed by atoms with Crippen LogP contribution in [0.4, 0.5) is 5.69 Å². The number of ether oxygens (including phenoxy) is 2. The maximum absolute atomic E-state index is 13.6. The van der Waals surface area contributed by atoms with Crippen LogP contribution in [0.1, 0.15) is 36.4 Å². The van der Waals surface area contributed by atoms with Gasteiger partial charge in [-0.25, -0.2) is 8.42 Å². The number of rotatable bonds is 11. The number of hydrogen-bond donors (Lipinski definition) is 2. The quantitative estimate of drug-likeness (QED) is 0.223. The largest absolute Gasteiger partial charge is 0.488 e. The number of aryl methyl sites for hydroxylation is 2. The predicted octanol–water partition coefficient (Wildman–Crippen LogP) is 5.17. The summed E-state index contributed by atoms with van der Waals surface area (Å²) in [6, 6.07) is 22.1. The lowest BCUT2D eigenvalue weighted by atomic mass is 10.0. The molecule has 0 saturated heterocycles. The van der Waals surface area contributed by atoms with Gasteiger partial charge in [0, 0.05) is 36.8 Å². The normalized spacial score (nSPS) is 17.7. The minimum Gasteiger partial charge on any atom is -0.488 e. The van der Waals surface area contributed by atoms with Gasteiger partial charge in [-0.15, -0.1) is 0 Å². The zero-order chi connectivity index (χ0) is 33.7. The van der Waals surface area contributed by atoms with Crippen molar-refractivity contribution in [2.45, 2.75) is 57.7 Å². The van der Waals surface area contributed by atoms with Crippen LogP contribution in [-0.2, 0) is 27.8 Å². The second-order valence-corrected chi connectivity index (χ2v) is 13.8. The summed E-state index contributed by atoms with van der Waals surface area (Å²) in [7, 11) is -1.98. The second-order valence-electron chi connectivity index (χ2n) is 12.2. The Hall–Kier alpha value is -4.39. The molecule has 1 amide bonds. The Morgan fingerprint density at radius 3 is 2.45 bits per heavy atom. The minimum absolute atomic E-state index is 0.0206. The number of nitrogens with one attached hydrogen (secondary N) is 1. The molecule has 0 saturated carbocycles. The molecule has 3 aromatic carbocycles. The van der Waals surface area contributed by atoms with E-state index in [-0.39, 0.29) is 53.0 Å². The summed E-state index contributed by atoms with van der Waals surface area (Å²) in [5.74, 6) is 1.95. The SMILES string of the molecule is Cc1noc(C)c1S(=O)(=O)Nc1ccc2c(c1)CC(=O)N([C@H](C)CO)C[C@H](C)[C@@H](CN(C)Cc1ccc(Oc3ccccc3)cc1)O2. The van der Waals surface area contributed by atoms with Gasteiger partial charge in [0.1, 0.15) is 29.0 Å². The van der Waals surface area contributed by atoms with Crippen LogP contribution in [0.25, 0.3) is 0 Å². The van der Waals surface area contributed by atoms with Crippen molar-refractivity contribution in [3.63, 3.8) is 0 Å². The van der Waals surface area contributed by atoms with E-state index in [0.29, 0.717) is 30.9 Å². The highest BCUT2D eigenvalue weighted by molar-refractivity contribution is 7.92. The van der Waals surface area contributed by atoms with E-state index in [1.807, 2.05) is 75.5 Å². The van der Waals surface area contributed by atoms with Gasteiger partial charge in [-0.05, 0) is 75.8 Å². The standard InChI is InChI=1S/C35H42N4O7S/c1-23-19-39(24(2)22-40)34(41)18-28-17-29(37-47(42,43)35-25(3)36-46-26(35)4)13-16-32(28)45-33(23)21-38(5)20-27-11-14-31(15-12-27)44-30-9-7-6-8-10-30/h6-17,23-24,33,37,40H,18-22H2,1-5H3/t23-,24+,33+/m0/s1. The molecule has 250 valence electrons. The van der Waals surface area contributed by atoms with Crippen molar-refractivity contribution in [3.8, 4) is 17.2 Å². The number of likely N-dealkylation sites (N-methyl/N-ethyl adjacent to an activating group) is 1. The monoisotopic (exact) mass is 662 g/mol. The summed E-state index contributed by atoms with van der Waals surface area (Å²) in [4.78, 5) is 17.4. The smallest absolute Gasteiger partial charge is 0.267 e. The fraction of sp³-hybridized carbons (Fsp3) is 0.371. The molecule has 11 nitrogen and oxygen atoms in total. The lowest BCUT2D eigenvalue weighted by molar-refractivity contribution is -0.134. The predicted molar refractivity (Wildman–Crippen MR) is 178 cm³/mol. The van der Waals surface area contributed by atoms with E-state index in [1.165, 1.54) is 6.92 Å². The van der Waals surface area contributed by atoms with E-state index in [9.17, 15) is 18.3 Å². The number of aliphatic hydroxyl groups is 1. The van der Waals surface area contributed by atoms with Gasteiger partial charge < -0.3 is 24.0 Å². The van der Waals surface area contributed by atoms with Crippen LogP contribution in [0.5, 0.6) is 17.2 Å². The van der Waals surface area contributed by atoms with Gasteiger partial charge >= 0.3 is 0 Å². The molecule has 1 aliphatic heterocycles. The molecular formula is C35H42N4O7S. The van der Waals surface area contributed by atoms with Crippen molar-refractivity contribution in [1.29, 1.82) is 0 Å². The summed E-state index contributed by atoms with van der Waals surface area (Å²) in [5, 5.41) is 13.7. The third-order valence-corrected chi connectivity index (χ3v) is 9.88. The molecule has 0 fully saturated rings. The number of carbonyl (C=O) groups excluding carboxylic acids is 1. The number of amides is 1. The van der Waals surface area contributed by atoms with E-state index in [0.717, 1.165) is 17.1 Å². The van der Waals surface area contributed by atoms with Gasteiger partial charge in [-0.3, -0.25) is 14.4 Å². The lowest BCUT2D eigenvalue weighted by Gasteiger charge is -2.34.